The van der Waals surface area contributed by atoms with Crippen molar-refractivity contribution in [3.8, 4) is 0 Å². The van der Waals surface area contributed by atoms with Crippen LogP contribution >= 0.6 is 0 Å². The number of rotatable bonds is 3. The highest BCUT2D eigenvalue weighted by molar-refractivity contribution is 5.97. The first kappa shape index (κ1) is 18.0. The number of benzene rings is 2. The number of aryl methyl sites for hydroxylation is 1. The number of amides is 2. The van der Waals surface area contributed by atoms with Gasteiger partial charge in [-0.3, -0.25) is 9.59 Å². The van der Waals surface area contributed by atoms with Gasteiger partial charge in [0, 0.05) is 29.6 Å². The second kappa shape index (κ2) is 6.76. The zero-order valence-corrected chi connectivity index (χ0v) is 16.8. The number of nitrogens with zero attached hydrogens (tertiary/aromatic N) is 2. The van der Waals surface area contributed by atoms with E-state index in [1.54, 1.807) is 4.90 Å². The Hall–Kier alpha value is -3.08. The second-order valence-electron chi connectivity index (χ2n) is 8.16. The highest BCUT2D eigenvalue weighted by Gasteiger charge is 2.47. The van der Waals surface area contributed by atoms with Crippen molar-refractivity contribution in [1.29, 1.82) is 0 Å². The zero-order valence-electron chi connectivity index (χ0n) is 16.8. The van der Waals surface area contributed by atoms with E-state index >= 15 is 0 Å². The van der Waals surface area contributed by atoms with E-state index in [1.807, 2.05) is 30.0 Å². The average molecular weight is 387 g/mol. The molecular formula is C24H25N3O2. The highest BCUT2D eigenvalue weighted by atomic mass is 16.2. The van der Waals surface area contributed by atoms with E-state index in [0.29, 0.717) is 13.0 Å². The molecule has 5 rings (SSSR count). The summed E-state index contributed by atoms with van der Waals surface area (Å²) >= 11 is 0. The molecule has 0 saturated carbocycles. The summed E-state index contributed by atoms with van der Waals surface area (Å²) in [6, 6.07) is 15.8. The van der Waals surface area contributed by atoms with Gasteiger partial charge in [-0.25, -0.2) is 0 Å². The zero-order chi connectivity index (χ0) is 20.1. The van der Waals surface area contributed by atoms with Gasteiger partial charge in [0.2, 0.25) is 11.8 Å². The van der Waals surface area contributed by atoms with Gasteiger partial charge < -0.3 is 14.8 Å². The van der Waals surface area contributed by atoms with Crippen molar-refractivity contribution < 1.29 is 9.59 Å². The van der Waals surface area contributed by atoms with Crippen LogP contribution in [-0.2, 0) is 16.0 Å². The molecule has 3 heterocycles. The van der Waals surface area contributed by atoms with Crippen LogP contribution in [0.3, 0.4) is 0 Å². The largest absolute Gasteiger partial charge is 0.356 e. The van der Waals surface area contributed by atoms with Gasteiger partial charge in [-0.05, 0) is 30.5 Å². The molecule has 2 aliphatic heterocycles. The number of aromatic amines is 1. The van der Waals surface area contributed by atoms with Crippen LogP contribution in [0.5, 0.6) is 0 Å². The number of para-hydroxylation sites is 1. The fourth-order valence-corrected chi connectivity index (χ4v) is 4.97. The number of H-pyrrole nitrogens is 1. The minimum Gasteiger partial charge on any atom is -0.356 e. The lowest BCUT2D eigenvalue weighted by atomic mass is 9.86. The third-order valence-corrected chi connectivity index (χ3v) is 6.19. The fourth-order valence-electron chi connectivity index (χ4n) is 4.97. The number of hydrogen-bond donors (Lipinski definition) is 1. The Bertz CT molecular complexity index is 1120. The van der Waals surface area contributed by atoms with E-state index in [-0.39, 0.29) is 24.4 Å². The van der Waals surface area contributed by atoms with Crippen LogP contribution in [0.4, 0.5) is 0 Å². The molecule has 1 fully saturated rings. The number of carbonyl (C=O) groups is 2. The average Bonchev–Trinajstić information content (AvgIpc) is 3.09. The fraction of sp³-hybridized carbons (Fsp3) is 0.333. The number of aromatic nitrogens is 1. The van der Waals surface area contributed by atoms with E-state index < -0.39 is 6.04 Å². The Labute approximate surface area is 170 Å². The van der Waals surface area contributed by atoms with Crippen LogP contribution in [0.15, 0.2) is 48.5 Å². The molecule has 2 aromatic carbocycles. The van der Waals surface area contributed by atoms with Crippen LogP contribution in [0, 0.1) is 6.92 Å². The van der Waals surface area contributed by atoms with Gasteiger partial charge in [-0.2, -0.15) is 0 Å². The van der Waals surface area contributed by atoms with Crippen molar-refractivity contribution >= 4 is 22.7 Å². The molecule has 0 radical (unpaired) electrons. The lowest BCUT2D eigenvalue weighted by Crippen LogP contribution is -2.63. The molecule has 5 nitrogen and oxygen atoms in total. The van der Waals surface area contributed by atoms with E-state index in [4.69, 9.17) is 0 Å². The maximum atomic E-state index is 13.3. The van der Waals surface area contributed by atoms with Crippen LogP contribution in [0.1, 0.15) is 41.8 Å². The molecule has 2 unspecified atom stereocenters. The predicted octanol–water partition coefficient (Wildman–Crippen LogP) is 3.57. The summed E-state index contributed by atoms with van der Waals surface area (Å²) in [6.45, 7) is 4.90. The van der Waals surface area contributed by atoms with Crippen molar-refractivity contribution in [2.45, 2.75) is 38.8 Å². The van der Waals surface area contributed by atoms with Crippen molar-refractivity contribution in [1.82, 2.24) is 14.8 Å². The third-order valence-electron chi connectivity index (χ3n) is 6.19. The Morgan fingerprint density at radius 3 is 2.72 bits per heavy atom. The molecule has 5 heteroatoms. The summed E-state index contributed by atoms with van der Waals surface area (Å²) < 4.78 is 0. The molecule has 148 valence electrons. The molecule has 1 saturated heterocycles. The van der Waals surface area contributed by atoms with Gasteiger partial charge in [-0.15, -0.1) is 0 Å². The van der Waals surface area contributed by atoms with E-state index in [2.05, 4.69) is 42.2 Å². The smallest absolute Gasteiger partial charge is 0.246 e. The van der Waals surface area contributed by atoms with Gasteiger partial charge in [0.05, 0.1) is 12.6 Å². The Morgan fingerprint density at radius 1 is 1.10 bits per heavy atom. The van der Waals surface area contributed by atoms with Crippen molar-refractivity contribution in [3.63, 3.8) is 0 Å². The van der Waals surface area contributed by atoms with E-state index in [9.17, 15) is 9.59 Å². The summed E-state index contributed by atoms with van der Waals surface area (Å²) in [5.41, 5.74) is 5.45. The van der Waals surface area contributed by atoms with Crippen LogP contribution < -0.4 is 0 Å². The number of piperazine rings is 1. The molecule has 1 aromatic heterocycles. The van der Waals surface area contributed by atoms with E-state index in [0.717, 1.165) is 39.7 Å². The van der Waals surface area contributed by atoms with Crippen molar-refractivity contribution in [2.24, 2.45) is 0 Å². The van der Waals surface area contributed by atoms with Crippen molar-refractivity contribution in [3.05, 3.63) is 70.9 Å². The molecule has 0 bridgehead atoms. The SMILES string of the molecule is CCCN1CC(=O)N2C(Cc3c([nH]c4ccccc34)C2c2cccc(C)c2)C1=O. The Kier molecular flexibility index (Phi) is 4.19. The summed E-state index contributed by atoms with van der Waals surface area (Å²) in [7, 11) is 0. The maximum Gasteiger partial charge on any atom is 0.246 e. The van der Waals surface area contributed by atoms with Gasteiger partial charge in [0.25, 0.3) is 0 Å². The van der Waals surface area contributed by atoms with Gasteiger partial charge >= 0.3 is 0 Å². The molecule has 0 spiro atoms. The first-order valence-electron chi connectivity index (χ1n) is 10.3. The lowest BCUT2D eigenvalue weighted by molar-refractivity contribution is -0.158. The monoisotopic (exact) mass is 387 g/mol. The molecule has 2 aliphatic rings. The quantitative estimate of drug-likeness (QED) is 0.747. The standard InChI is InChI=1S/C24H25N3O2/c1-3-11-26-14-21(28)27-20(24(26)29)13-18-17-9-4-5-10-19(17)25-22(18)23(27)16-8-6-7-15(2)12-16/h4-10,12,20,23,25H,3,11,13-14H2,1-2H3. The van der Waals surface area contributed by atoms with Crippen molar-refractivity contribution in [2.75, 3.05) is 13.1 Å². The first-order valence-corrected chi connectivity index (χ1v) is 10.3. The third kappa shape index (κ3) is 2.76. The maximum absolute atomic E-state index is 13.3. The topological polar surface area (TPSA) is 56.4 Å². The number of carbonyl (C=O) groups excluding carboxylic acids is 2. The van der Waals surface area contributed by atoms with Gasteiger partial charge in [0.15, 0.2) is 0 Å². The summed E-state index contributed by atoms with van der Waals surface area (Å²) in [5, 5.41) is 1.15. The Balaban J connectivity index is 1.72. The van der Waals surface area contributed by atoms with Crippen LogP contribution in [0.2, 0.25) is 0 Å². The molecule has 1 N–H and O–H groups in total. The van der Waals surface area contributed by atoms with E-state index in [1.165, 1.54) is 0 Å². The molecule has 2 atom stereocenters. The number of nitrogens with one attached hydrogen (secondary N) is 1. The van der Waals surface area contributed by atoms with Crippen LogP contribution in [-0.4, -0.2) is 45.7 Å². The van der Waals surface area contributed by atoms with Crippen LogP contribution in [0.25, 0.3) is 10.9 Å². The minimum atomic E-state index is -0.444. The van der Waals surface area contributed by atoms with Gasteiger partial charge in [-0.1, -0.05) is 55.0 Å². The minimum absolute atomic E-state index is 0.0267. The predicted molar refractivity (Wildman–Crippen MR) is 113 cm³/mol. The molecule has 0 aliphatic carbocycles. The first-order chi connectivity index (χ1) is 14.1. The molecule has 2 amide bonds. The normalized spacial score (nSPS) is 21.4. The summed E-state index contributed by atoms with van der Waals surface area (Å²) in [5.74, 6) is 0.0962. The number of fused-ring (bicyclic) bond motifs is 4. The molecule has 29 heavy (non-hydrogen) atoms. The lowest BCUT2D eigenvalue weighted by Gasteiger charge is -2.47. The summed E-state index contributed by atoms with van der Waals surface area (Å²) in [4.78, 5) is 33.7. The highest BCUT2D eigenvalue weighted by Crippen LogP contribution is 2.42. The Morgan fingerprint density at radius 2 is 1.93 bits per heavy atom. The summed E-state index contributed by atoms with van der Waals surface area (Å²) in [6.07, 6.45) is 1.41. The molecular weight excluding hydrogens is 362 g/mol. The second-order valence-corrected chi connectivity index (χ2v) is 8.16. The number of hydrogen-bond acceptors (Lipinski definition) is 2. The van der Waals surface area contributed by atoms with Gasteiger partial charge in [0.1, 0.15) is 6.04 Å². The molecule has 3 aromatic rings.